The van der Waals surface area contributed by atoms with Crippen LogP contribution in [0, 0.1) is 0 Å². The molecule has 4 rings (SSSR count). The van der Waals surface area contributed by atoms with E-state index in [1.807, 2.05) is 12.3 Å². The Labute approximate surface area is 140 Å². The molecule has 2 aliphatic rings. The van der Waals surface area contributed by atoms with E-state index in [0.717, 1.165) is 68.8 Å². The van der Waals surface area contributed by atoms with E-state index in [2.05, 4.69) is 26.6 Å². The molecular weight excluding hydrogens is 310 g/mol. The number of oxazole rings is 1. The summed E-state index contributed by atoms with van der Waals surface area (Å²) in [5.74, 6) is 1.70. The van der Waals surface area contributed by atoms with Crippen molar-refractivity contribution in [3.05, 3.63) is 29.6 Å². The Bertz CT molecular complexity index is 620. The third-order valence-electron chi connectivity index (χ3n) is 5.06. The zero-order chi connectivity index (χ0) is 15.5. The van der Waals surface area contributed by atoms with Gasteiger partial charge in [-0.1, -0.05) is 6.07 Å². The van der Waals surface area contributed by atoms with E-state index in [9.17, 15) is 0 Å². The first-order chi connectivity index (χ1) is 11.4. The summed E-state index contributed by atoms with van der Waals surface area (Å²) in [4.78, 5) is 8.23. The highest BCUT2D eigenvalue weighted by Crippen LogP contribution is 2.34. The predicted octanol–water partition coefficient (Wildman–Crippen LogP) is 2.75. The molecule has 2 aliphatic heterocycles. The summed E-state index contributed by atoms with van der Waals surface area (Å²) in [6.07, 6.45) is 5.24. The third kappa shape index (κ3) is 3.21. The van der Waals surface area contributed by atoms with E-state index >= 15 is 0 Å². The highest BCUT2D eigenvalue weighted by Gasteiger charge is 2.39. The number of hydrogen-bond acceptors (Lipinski definition) is 6. The van der Waals surface area contributed by atoms with Crippen molar-refractivity contribution in [3.63, 3.8) is 0 Å². The average molecular weight is 333 g/mol. The van der Waals surface area contributed by atoms with E-state index in [4.69, 9.17) is 9.15 Å². The highest BCUT2D eigenvalue weighted by molar-refractivity contribution is 7.13. The van der Waals surface area contributed by atoms with Crippen molar-refractivity contribution in [2.45, 2.75) is 31.3 Å². The molecule has 1 spiro atoms. The van der Waals surface area contributed by atoms with Gasteiger partial charge in [-0.3, -0.25) is 4.90 Å². The summed E-state index contributed by atoms with van der Waals surface area (Å²) in [6, 6.07) is 4.12. The Morgan fingerprint density at radius 2 is 2.17 bits per heavy atom. The molecule has 2 aromatic rings. The molecule has 2 fully saturated rings. The van der Waals surface area contributed by atoms with Gasteiger partial charge in [-0.25, -0.2) is 4.98 Å². The predicted molar refractivity (Wildman–Crippen MR) is 90.5 cm³/mol. The lowest BCUT2D eigenvalue weighted by Crippen LogP contribution is -2.52. The molecule has 5 nitrogen and oxygen atoms in total. The number of nitrogens with one attached hydrogen (secondary N) is 1. The molecule has 0 unspecified atom stereocenters. The second-order valence-corrected chi connectivity index (χ2v) is 7.30. The number of aromatic nitrogens is 1. The first-order valence-electron chi connectivity index (χ1n) is 8.38. The minimum Gasteiger partial charge on any atom is -0.438 e. The second kappa shape index (κ2) is 6.73. The largest absolute Gasteiger partial charge is 0.438 e. The monoisotopic (exact) mass is 333 g/mol. The maximum atomic E-state index is 6.01. The second-order valence-electron chi connectivity index (χ2n) is 6.35. The number of ether oxygens (including phenoxy) is 1. The molecule has 0 saturated carbocycles. The van der Waals surface area contributed by atoms with Crippen LogP contribution in [0.25, 0.3) is 10.6 Å². The van der Waals surface area contributed by atoms with Crippen LogP contribution in [0.5, 0.6) is 0 Å². The fraction of sp³-hybridized carbons (Fsp3) is 0.588. The van der Waals surface area contributed by atoms with Crippen LogP contribution in [0.2, 0.25) is 0 Å². The van der Waals surface area contributed by atoms with Gasteiger partial charge >= 0.3 is 0 Å². The fourth-order valence-corrected chi connectivity index (χ4v) is 4.37. The van der Waals surface area contributed by atoms with Gasteiger partial charge in [0.2, 0.25) is 5.89 Å². The standard InChI is InChI=1S/C17H23N3O2S/c1-2-15(23-11-1)14-12-19-16(22-14)13-20-8-7-18-6-3-17(20)4-9-21-10-5-17/h1-2,11-12,18H,3-10,13H2. The minimum atomic E-state index is 0.235. The maximum absolute atomic E-state index is 6.01. The molecule has 0 atom stereocenters. The zero-order valence-electron chi connectivity index (χ0n) is 13.3. The van der Waals surface area contributed by atoms with Crippen LogP contribution in [0.1, 0.15) is 25.2 Å². The topological polar surface area (TPSA) is 50.5 Å². The van der Waals surface area contributed by atoms with Gasteiger partial charge in [-0.2, -0.15) is 0 Å². The summed E-state index contributed by atoms with van der Waals surface area (Å²) in [5.41, 5.74) is 0.235. The normalized spacial score (nSPS) is 22.3. The van der Waals surface area contributed by atoms with Gasteiger partial charge in [0.05, 0.1) is 17.6 Å². The Morgan fingerprint density at radius 1 is 1.26 bits per heavy atom. The summed E-state index contributed by atoms with van der Waals surface area (Å²) in [7, 11) is 0. The molecule has 23 heavy (non-hydrogen) atoms. The first kappa shape index (κ1) is 15.3. The number of thiophene rings is 1. The van der Waals surface area contributed by atoms with Crippen molar-refractivity contribution in [2.24, 2.45) is 0 Å². The van der Waals surface area contributed by atoms with Crippen molar-refractivity contribution < 1.29 is 9.15 Å². The molecule has 6 heteroatoms. The molecule has 0 aromatic carbocycles. The summed E-state index contributed by atoms with van der Waals surface area (Å²) < 4.78 is 11.6. The zero-order valence-corrected chi connectivity index (χ0v) is 14.1. The van der Waals surface area contributed by atoms with Crippen molar-refractivity contribution in [2.75, 3.05) is 32.8 Å². The van der Waals surface area contributed by atoms with Crippen LogP contribution in [-0.2, 0) is 11.3 Å². The molecular formula is C17H23N3O2S. The summed E-state index contributed by atoms with van der Waals surface area (Å²) in [5, 5.41) is 5.59. The van der Waals surface area contributed by atoms with Crippen LogP contribution in [0.15, 0.2) is 28.1 Å². The molecule has 0 aliphatic carbocycles. The summed E-state index contributed by atoms with van der Waals surface area (Å²) in [6.45, 7) is 5.67. The lowest BCUT2D eigenvalue weighted by Gasteiger charge is -2.44. The van der Waals surface area contributed by atoms with Gasteiger partial charge in [0.15, 0.2) is 5.76 Å². The summed E-state index contributed by atoms with van der Waals surface area (Å²) >= 11 is 1.69. The quantitative estimate of drug-likeness (QED) is 0.936. The molecule has 0 amide bonds. The lowest BCUT2D eigenvalue weighted by molar-refractivity contribution is -0.0336. The van der Waals surface area contributed by atoms with Crippen molar-refractivity contribution in [1.82, 2.24) is 15.2 Å². The Hall–Kier alpha value is -1.21. The Kier molecular flexibility index (Phi) is 4.48. The van der Waals surface area contributed by atoms with Crippen LogP contribution < -0.4 is 5.32 Å². The molecule has 0 bridgehead atoms. The van der Waals surface area contributed by atoms with E-state index in [1.165, 1.54) is 6.42 Å². The highest BCUT2D eigenvalue weighted by atomic mass is 32.1. The smallest absolute Gasteiger partial charge is 0.209 e. The molecule has 2 aromatic heterocycles. The van der Waals surface area contributed by atoms with Crippen LogP contribution in [0.3, 0.4) is 0 Å². The van der Waals surface area contributed by atoms with Gasteiger partial charge in [-0.05, 0) is 37.3 Å². The molecule has 1 N–H and O–H groups in total. The molecule has 2 saturated heterocycles. The van der Waals surface area contributed by atoms with Crippen LogP contribution in [0.4, 0.5) is 0 Å². The van der Waals surface area contributed by atoms with Gasteiger partial charge in [0.1, 0.15) is 0 Å². The van der Waals surface area contributed by atoms with Crippen molar-refractivity contribution in [1.29, 1.82) is 0 Å². The van der Waals surface area contributed by atoms with Gasteiger partial charge < -0.3 is 14.5 Å². The maximum Gasteiger partial charge on any atom is 0.209 e. The van der Waals surface area contributed by atoms with Crippen molar-refractivity contribution >= 4 is 11.3 Å². The van der Waals surface area contributed by atoms with E-state index in [0.29, 0.717) is 0 Å². The van der Waals surface area contributed by atoms with E-state index in [1.54, 1.807) is 11.3 Å². The molecule has 4 heterocycles. The number of hydrogen-bond donors (Lipinski definition) is 1. The third-order valence-corrected chi connectivity index (χ3v) is 5.95. The fourth-order valence-electron chi connectivity index (χ4n) is 3.70. The number of nitrogens with zero attached hydrogens (tertiary/aromatic N) is 2. The van der Waals surface area contributed by atoms with Gasteiger partial charge in [0, 0.05) is 31.8 Å². The average Bonchev–Trinajstić information content (AvgIpc) is 3.22. The van der Waals surface area contributed by atoms with Crippen LogP contribution in [-0.4, -0.2) is 48.3 Å². The molecule has 124 valence electrons. The lowest BCUT2D eigenvalue weighted by atomic mass is 9.85. The van der Waals surface area contributed by atoms with E-state index in [-0.39, 0.29) is 5.54 Å². The minimum absolute atomic E-state index is 0.235. The van der Waals surface area contributed by atoms with Gasteiger partial charge in [-0.15, -0.1) is 11.3 Å². The van der Waals surface area contributed by atoms with Crippen molar-refractivity contribution in [3.8, 4) is 10.6 Å². The number of rotatable bonds is 3. The Morgan fingerprint density at radius 3 is 3.00 bits per heavy atom. The SMILES string of the molecule is c1csc(-c2cnc(CN3CCNCCC34CCOCC4)o2)c1. The van der Waals surface area contributed by atoms with Crippen LogP contribution >= 0.6 is 11.3 Å². The van der Waals surface area contributed by atoms with E-state index < -0.39 is 0 Å². The first-order valence-corrected chi connectivity index (χ1v) is 9.26. The van der Waals surface area contributed by atoms with Gasteiger partial charge in [0.25, 0.3) is 0 Å². The molecule has 0 radical (unpaired) electrons. The Balaban J connectivity index is 1.53.